The van der Waals surface area contributed by atoms with Gasteiger partial charge in [0, 0.05) is 22.4 Å². The average Bonchev–Trinajstić information content (AvgIpc) is 2.94. The molecule has 0 unspecified atom stereocenters. The Labute approximate surface area is 140 Å². The molecule has 0 fully saturated rings. The third-order valence-electron chi connectivity index (χ3n) is 4.53. The monoisotopic (exact) mass is 313 g/mol. The van der Waals surface area contributed by atoms with Gasteiger partial charge in [-0.15, -0.1) is 0 Å². The lowest BCUT2D eigenvalue weighted by molar-refractivity contribution is -0.660. The van der Waals surface area contributed by atoms with Gasteiger partial charge in [-0.2, -0.15) is 5.26 Å². The summed E-state index contributed by atoms with van der Waals surface area (Å²) in [5, 5.41) is 11.4. The minimum atomic E-state index is 0.570. The van der Waals surface area contributed by atoms with Crippen LogP contribution >= 0.6 is 0 Å². The molecule has 3 heteroatoms. The Balaban J connectivity index is 2.19. The normalized spacial score (nSPS) is 11.1. The lowest BCUT2D eigenvalue weighted by atomic mass is 9.97. The summed E-state index contributed by atoms with van der Waals surface area (Å²) in [4.78, 5) is 0. The Hall–Kier alpha value is -3.12. The Bertz CT molecular complexity index is 1150. The van der Waals surface area contributed by atoms with Crippen molar-refractivity contribution in [2.24, 2.45) is 7.05 Å². The highest BCUT2D eigenvalue weighted by molar-refractivity contribution is 6.13. The first-order chi connectivity index (χ1) is 11.6. The van der Waals surface area contributed by atoms with Gasteiger partial charge in [-0.1, -0.05) is 18.2 Å². The first-order valence-electron chi connectivity index (χ1n) is 7.91. The molecule has 3 nitrogen and oxygen atoms in total. The van der Waals surface area contributed by atoms with E-state index in [0.29, 0.717) is 11.1 Å². The number of nitrogens with zero attached hydrogens (tertiary/aromatic N) is 2. The smallest absolute Gasteiger partial charge is 0.213 e. The van der Waals surface area contributed by atoms with Crippen LogP contribution in [0.4, 0.5) is 0 Å². The largest absolute Gasteiger partial charge is 0.455 e. The van der Waals surface area contributed by atoms with Crippen LogP contribution in [-0.2, 0) is 7.05 Å². The summed E-state index contributed by atoms with van der Waals surface area (Å²) in [5.41, 5.74) is 6.74. The van der Waals surface area contributed by atoms with E-state index in [9.17, 15) is 5.26 Å². The topological polar surface area (TPSA) is 40.8 Å². The molecule has 2 aromatic heterocycles. The van der Waals surface area contributed by atoms with Gasteiger partial charge in [-0.25, -0.2) is 4.57 Å². The lowest BCUT2D eigenvalue weighted by Crippen LogP contribution is -2.31. The number of benzene rings is 2. The molecule has 0 saturated carbocycles. The fraction of sp³-hybridized carbons (Fsp3) is 0.143. The molecule has 0 N–H and O–H groups in total. The van der Waals surface area contributed by atoms with E-state index in [0.717, 1.165) is 27.6 Å². The number of aryl methyl sites for hydroxylation is 3. The maximum atomic E-state index is 9.36. The van der Waals surface area contributed by atoms with Gasteiger partial charge in [0.05, 0.1) is 11.1 Å². The zero-order chi connectivity index (χ0) is 16.8. The van der Waals surface area contributed by atoms with Crippen molar-refractivity contribution in [3.05, 3.63) is 65.4 Å². The molecule has 0 aliphatic heterocycles. The van der Waals surface area contributed by atoms with Crippen molar-refractivity contribution < 1.29 is 8.98 Å². The third-order valence-corrected chi connectivity index (χ3v) is 4.53. The number of nitriles is 1. The summed E-state index contributed by atoms with van der Waals surface area (Å²) in [7, 11) is 2.06. The third kappa shape index (κ3) is 2.00. The van der Waals surface area contributed by atoms with E-state index < -0.39 is 0 Å². The quantitative estimate of drug-likeness (QED) is 0.483. The lowest BCUT2D eigenvalue weighted by Gasteiger charge is -2.06. The molecule has 0 atom stereocenters. The van der Waals surface area contributed by atoms with Gasteiger partial charge < -0.3 is 4.42 Å². The molecule has 116 valence electrons. The summed E-state index contributed by atoms with van der Waals surface area (Å²) in [5.74, 6) is 0. The highest BCUT2D eigenvalue weighted by atomic mass is 16.3. The second-order valence-corrected chi connectivity index (χ2v) is 6.23. The molecule has 0 bridgehead atoms. The Morgan fingerprint density at radius 2 is 1.88 bits per heavy atom. The van der Waals surface area contributed by atoms with E-state index in [-0.39, 0.29) is 0 Å². The van der Waals surface area contributed by atoms with Crippen molar-refractivity contribution in [1.29, 1.82) is 5.26 Å². The van der Waals surface area contributed by atoms with E-state index in [1.807, 2.05) is 18.2 Å². The molecule has 2 heterocycles. The molecule has 0 amide bonds. The predicted octanol–water partition coefficient (Wildman–Crippen LogP) is 4.57. The molecule has 4 rings (SSSR count). The number of hydrogen-bond donors (Lipinski definition) is 0. The van der Waals surface area contributed by atoms with Gasteiger partial charge in [0.2, 0.25) is 5.69 Å². The fourth-order valence-corrected chi connectivity index (χ4v) is 3.42. The molecule has 0 spiro atoms. The zero-order valence-electron chi connectivity index (χ0n) is 13.9. The van der Waals surface area contributed by atoms with Crippen LogP contribution in [0.15, 0.2) is 53.1 Å². The van der Waals surface area contributed by atoms with Crippen molar-refractivity contribution in [3.8, 4) is 17.3 Å². The highest BCUT2D eigenvalue weighted by Crippen LogP contribution is 2.38. The Morgan fingerprint density at radius 3 is 2.62 bits per heavy atom. The molecule has 0 aliphatic rings. The van der Waals surface area contributed by atoms with Crippen LogP contribution in [-0.4, -0.2) is 0 Å². The summed E-state index contributed by atoms with van der Waals surface area (Å²) >= 11 is 0. The molecular weight excluding hydrogens is 296 g/mol. The standard InChI is InChI=1S/C21H17N2O/c1-13-7-9-17(23(3)12-13)19-14(2)8-10-18-20(19)16-6-4-5-15(11-22)21(16)24-18/h4-10,12H,1-3H3/q+1. The summed E-state index contributed by atoms with van der Waals surface area (Å²) < 4.78 is 8.17. The SMILES string of the molecule is Cc1ccc(-c2c(C)ccc3oc4c(C#N)cccc4c23)[n+](C)c1. The molecule has 24 heavy (non-hydrogen) atoms. The second-order valence-electron chi connectivity index (χ2n) is 6.23. The van der Waals surface area contributed by atoms with Crippen LogP contribution < -0.4 is 4.57 Å². The van der Waals surface area contributed by atoms with E-state index >= 15 is 0 Å². The summed E-state index contributed by atoms with van der Waals surface area (Å²) in [6.07, 6.45) is 2.12. The Morgan fingerprint density at radius 1 is 1.04 bits per heavy atom. The highest BCUT2D eigenvalue weighted by Gasteiger charge is 2.21. The predicted molar refractivity (Wildman–Crippen MR) is 94.5 cm³/mol. The van der Waals surface area contributed by atoms with Gasteiger partial charge in [-0.05, 0) is 37.6 Å². The van der Waals surface area contributed by atoms with Crippen LogP contribution in [0, 0.1) is 25.2 Å². The molecule has 0 saturated heterocycles. The molecule has 0 aliphatic carbocycles. The first-order valence-corrected chi connectivity index (χ1v) is 7.91. The van der Waals surface area contributed by atoms with Gasteiger partial charge in [0.15, 0.2) is 11.8 Å². The number of rotatable bonds is 1. The molecule has 0 radical (unpaired) electrons. The Kier molecular flexibility index (Phi) is 3.14. The van der Waals surface area contributed by atoms with Crippen LogP contribution in [0.25, 0.3) is 33.2 Å². The maximum Gasteiger partial charge on any atom is 0.213 e. The molecular formula is C21H17N2O+. The first kappa shape index (κ1) is 14.5. The number of furan rings is 1. The fourth-order valence-electron chi connectivity index (χ4n) is 3.42. The van der Waals surface area contributed by atoms with Crippen molar-refractivity contribution in [1.82, 2.24) is 0 Å². The summed E-state index contributed by atoms with van der Waals surface area (Å²) in [6.45, 7) is 4.20. The number of fused-ring (bicyclic) bond motifs is 3. The summed E-state index contributed by atoms with van der Waals surface area (Å²) in [6, 6.07) is 16.3. The van der Waals surface area contributed by atoms with E-state index in [2.05, 4.69) is 55.9 Å². The minimum absolute atomic E-state index is 0.570. The van der Waals surface area contributed by atoms with Crippen LogP contribution in [0.2, 0.25) is 0 Å². The van der Waals surface area contributed by atoms with Gasteiger partial charge >= 0.3 is 0 Å². The van der Waals surface area contributed by atoms with Crippen molar-refractivity contribution in [2.45, 2.75) is 13.8 Å². The van der Waals surface area contributed by atoms with Crippen molar-refractivity contribution >= 4 is 21.9 Å². The van der Waals surface area contributed by atoms with E-state index in [4.69, 9.17) is 4.42 Å². The van der Waals surface area contributed by atoms with Crippen molar-refractivity contribution in [3.63, 3.8) is 0 Å². The zero-order valence-corrected chi connectivity index (χ0v) is 13.9. The number of para-hydroxylation sites is 1. The van der Waals surface area contributed by atoms with Crippen LogP contribution in [0.3, 0.4) is 0 Å². The average molecular weight is 313 g/mol. The van der Waals surface area contributed by atoms with Crippen LogP contribution in [0.1, 0.15) is 16.7 Å². The van der Waals surface area contributed by atoms with Gasteiger partial charge in [0.1, 0.15) is 18.7 Å². The van der Waals surface area contributed by atoms with E-state index in [1.165, 1.54) is 11.1 Å². The van der Waals surface area contributed by atoms with Gasteiger partial charge in [0.25, 0.3) is 0 Å². The van der Waals surface area contributed by atoms with Crippen molar-refractivity contribution in [2.75, 3.05) is 0 Å². The number of pyridine rings is 1. The number of aromatic nitrogens is 1. The molecule has 4 aromatic rings. The second kappa shape index (κ2) is 5.21. The minimum Gasteiger partial charge on any atom is -0.455 e. The molecule has 2 aromatic carbocycles. The van der Waals surface area contributed by atoms with E-state index in [1.54, 1.807) is 6.07 Å². The van der Waals surface area contributed by atoms with Crippen LogP contribution in [0.5, 0.6) is 0 Å². The maximum absolute atomic E-state index is 9.36. The number of hydrogen-bond acceptors (Lipinski definition) is 2. The van der Waals surface area contributed by atoms with Gasteiger partial charge in [-0.3, -0.25) is 0 Å².